The van der Waals surface area contributed by atoms with Gasteiger partial charge in [0.2, 0.25) is 0 Å². The zero-order valence-corrected chi connectivity index (χ0v) is 14.7. The second-order valence-electron chi connectivity index (χ2n) is 7.30. The monoisotopic (exact) mass is 345 g/mol. The number of hydrogen-bond donors (Lipinski definition) is 1. The molecule has 0 unspecified atom stereocenters. The predicted octanol–water partition coefficient (Wildman–Crippen LogP) is 3.20. The summed E-state index contributed by atoms with van der Waals surface area (Å²) >= 11 is 0. The molecular formula is C22H21N2O2+. The Morgan fingerprint density at radius 2 is 1.88 bits per heavy atom. The van der Waals surface area contributed by atoms with Crippen LogP contribution in [-0.4, -0.2) is 22.4 Å². The first-order valence-corrected chi connectivity index (χ1v) is 9.18. The lowest BCUT2D eigenvalue weighted by Crippen LogP contribution is -2.53. The van der Waals surface area contributed by atoms with Gasteiger partial charge in [-0.1, -0.05) is 40.6 Å². The predicted molar refractivity (Wildman–Crippen MR) is 98.6 cm³/mol. The molecule has 26 heavy (non-hydrogen) atoms. The Morgan fingerprint density at radius 3 is 2.65 bits per heavy atom. The Hall–Kier alpha value is -2.88. The Balaban J connectivity index is 1.76. The minimum absolute atomic E-state index is 0.279. The molecule has 4 heteroatoms. The molecule has 0 bridgehead atoms. The molecule has 2 aromatic carbocycles. The molecule has 130 valence electrons. The number of rotatable bonds is 2. The SMILES string of the molecule is Cc1ccc(C2=[N+]3N[C@@H]4CCCC4=C[C@]3(c3ccccc3)OC2=O)cc1. The molecule has 0 amide bonds. The van der Waals surface area contributed by atoms with E-state index in [1.54, 1.807) is 0 Å². The number of aryl methyl sites for hydroxylation is 1. The van der Waals surface area contributed by atoms with E-state index in [0.717, 1.165) is 30.4 Å². The summed E-state index contributed by atoms with van der Waals surface area (Å²) in [5.41, 5.74) is 7.60. The number of nitrogens with one attached hydrogen (secondary N) is 1. The van der Waals surface area contributed by atoms with Gasteiger partial charge < -0.3 is 4.74 Å². The molecule has 0 saturated heterocycles. The Labute approximate surface area is 152 Å². The van der Waals surface area contributed by atoms with Crippen molar-refractivity contribution in [2.24, 2.45) is 0 Å². The molecule has 2 aliphatic heterocycles. The summed E-state index contributed by atoms with van der Waals surface area (Å²) in [4.78, 5) is 13.0. The van der Waals surface area contributed by atoms with Crippen LogP contribution >= 0.6 is 0 Å². The highest BCUT2D eigenvalue weighted by atomic mass is 16.6. The average Bonchev–Trinajstić information content (AvgIpc) is 3.22. The van der Waals surface area contributed by atoms with E-state index in [-0.39, 0.29) is 12.0 Å². The van der Waals surface area contributed by atoms with Crippen molar-refractivity contribution < 1.29 is 14.2 Å². The van der Waals surface area contributed by atoms with Crippen LogP contribution in [-0.2, 0) is 15.3 Å². The number of hydrazone groups is 1. The highest BCUT2D eigenvalue weighted by molar-refractivity contribution is 6.41. The van der Waals surface area contributed by atoms with Crippen LogP contribution in [0.2, 0.25) is 0 Å². The quantitative estimate of drug-likeness (QED) is 0.516. The van der Waals surface area contributed by atoms with Crippen molar-refractivity contribution in [2.45, 2.75) is 38.0 Å². The van der Waals surface area contributed by atoms with Gasteiger partial charge >= 0.3 is 17.4 Å². The second kappa shape index (κ2) is 5.56. The summed E-state index contributed by atoms with van der Waals surface area (Å²) in [6, 6.07) is 18.3. The van der Waals surface area contributed by atoms with Crippen LogP contribution in [0.15, 0.2) is 66.2 Å². The number of carbonyl (C=O) groups is 1. The van der Waals surface area contributed by atoms with Crippen LogP contribution in [0.5, 0.6) is 0 Å². The number of hydrazine groups is 1. The molecule has 5 rings (SSSR count). The number of fused-ring (bicyclic) bond motifs is 2. The van der Waals surface area contributed by atoms with Crippen molar-refractivity contribution in [2.75, 3.05) is 0 Å². The van der Waals surface area contributed by atoms with Crippen LogP contribution in [0.4, 0.5) is 0 Å². The van der Waals surface area contributed by atoms with Crippen molar-refractivity contribution in [3.8, 4) is 0 Å². The first-order chi connectivity index (χ1) is 12.7. The molecule has 2 aromatic rings. The Morgan fingerprint density at radius 1 is 1.12 bits per heavy atom. The maximum Gasteiger partial charge on any atom is 0.412 e. The molecule has 3 aliphatic rings. The third kappa shape index (κ3) is 2.15. The van der Waals surface area contributed by atoms with E-state index in [1.165, 1.54) is 11.1 Å². The molecule has 1 saturated carbocycles. The van der Waals surface area contributed by atoms with Gasteiger partial charge in [-0.15, -0.1) is 0 Å². The Kier molecular flexibility index (Phi) is 3.29. The smallest absolute Gasteiger partial charge is 0.382 e. The van der Waals surface area contributed by atoms with Crippen LogP contribution in [0, 0.1) is 6.92 Å². The molecular weight excluding hydrogens is 324 g/mol. The lowest BCUT2D eigenvalue weighted by molar-refractivity contribution is -0.692. The van der Waals surface area contributed by atoms with Gasteiger partial charge in [0.15, 0.2) is 0 Å². The van der Waals surface area contributed by atoms with Gasteiger partial charge in [-0.2, -0.15) is 5.43 Å². The third-order valence-electron chi connectivity index (χ3n) is 5.58. The van der Waals surface area contributed by atoms with Crippen molar-refractivity contribution in [3.05, 3.63) is 82.9 Å². The lowest BCUT2D eigenvalue weighted by Gasteiger charge is -2.29. The van der Waals surface area contributed by atoms with Crippen molar-refractivity contribution >= 4 is 11.7 Å². The fourth-order valence-electron chi connectivity index (χ4n) is 4.25. The van der Waals surface area contributed by atoms with Crippen molar-refractivity contribution in [1.82, 2.24) is 5.43 Å². The second-order valence-corrected chi connectivity index (χ2v) is 7.30. The van der Waals surface area contributed by atoms with Gasteiger partial charge in [0.25, 0.3) is 0 Å². The fraction of sp³-hybridized carbons (Fsp3) is 0.273. The topological polar surface area (TPSA) is 41.3 Å². The number of hydrogen-bond acceptors (Lipinski definition) is 3. The molecule has 2 heterocycles. The number of benzene rings is 2. The minimum atomic E-state index is -0.908. The number of nitrogens with zero attached hydrogens (tertiary/aromatic N) is 1. The van der Waals surface area contributed by atoms with E-state index in [0.29, 0.717) is 5.71 Å². The maximum absolute atomic E-state index is 13.0. The number of ether oxygens (including phenoxy) is 1. The highest BCUT2D eigenvalue weighted by Gasteiger charge is 2.60. The van der Waals surface area contributed by atoms with E-state index in [2.05, 4.69) is 11.5 Å². The summed E-state index contributed by atoms with van der Waals surface area (Å²) in [6.45, 7) is 2.04. The first-order valence-electron chi connectivity index (χ1n) is 9.18. The zero-order valence-electron chi connectivity index (χ0n) is 14.7. The van der Waals surface area contributed by atoms with E-state index >= 15 is 0 Å². The molecule has 1 fully saturated rings. The van der Waals surface area contributed by atoms with Gasteiger partial charge in [-0.05, 0) is 56.0 Å². The fourth-order valence-corrected chi connectivity index (χ4v) is 4.25. The van der Waals surface area contributed by atoms with Crippen LogP contribution in [0.1, 0.15) is 36.0 Å². The molecule has 1 aliphatic carbocycles. The van der Waals surface area contributed by atoms with Gasteiger partial charge in [-0.25, -0.2) is 4.79 Å². The van der Waals surface area contributed by atoms with Crippen molar-refractivity contribution in [3.63, 3.8) is 0 Å². The van der Waals surface area contributed by atoms with E-state index < -0.39 is 5.72 Å². The van der Waals surface area contributed by atoms with Crippen LogP contribution < -0.4 is 5.43 Å². The molecule has 0 radical (unpaired) electrons. The largest absolute Gasteiger partial charge is 0.412 e. The number of carbonyl (C=O) groups excluding carboxylic acids is 1. The summed E-state index contributed by atoms with van der Waals surface area (Å²) in [7, 11) is 0. The van der Waals surface area contributed by atoms with Gasteiger partial charge in [-0.3, -0.25) is 0 Å². The van der Waals surface area contributed by atoms with Gasteiger partial charge in [0.1, 0.15) is 6.04 Å². The van der Waals surface area contributed by atoms with E-state index in [9.17, 15) is 4.79 Å². The van der Waals surface area contributed by atoms with Crippen LogP contribution in [0.3, 0.4) is 0 Å². The highest BCUT2D eigenvalue weighted by Crippen LogP contribution is 2.41. The normalized spacial score (nSPS) is 26.7. The standard InChI is InChI=1S/C22H20N2O2/c1-15-10-12-16(13-11-15)20-21(25)26-22(18-7-3-2-4-8-18)14-17-6-5-9-19(17)23-24(20)22/h2-4,7-8,10-14,19H,5-6,9H2,1H3/p+1/t19-,22-/m1/s1. The van der Waals surface area contributed by atoms with Gasteiger partial charge in [0.05, 0.1) is 11.1 Å². The minimum Gasteiger partial charge on any atom is -0.382 e. The van der Waals surface area contributed by atoms with Crippen LogP contribution in [0.25, 0.3) is 0 Å². The summed E-state index contributed by atoms with van der Waals surface area (Å²) in [5.74, 6) is -0.290. The zero-order chi connectivity index (χ0) is 17.7. The maximum atomic E-state index is 13.0. The molecule has 0 spiro atoms. The Bertz CT molecular complexity index is 944. The molecule has 2 atom stereocenters. The summed E-state index contributed by atoms with van der Waals surface area (Å²) in [5, 5.41) is 0. The average molecular weight is 345 g/mol. The van der Waals surface area contributed by atoms with Crippen molar-refractivity contribution in [1.29, 1.82) is 0 Å². The molecule has 0 aromatic heterocycles. The van der Waals surface area contributed by atoms with E-state index in [4.69, 9.17) is 4.74 Å². The first kappa shape index (κ1) is 15.4. The number of esters is 1. The summed E-state index contributed by atoms with van der Waals surface area (Å²) in [6.07, 6.45) is 5.46. The van der Waals surface area contributed by atoms with Gasteiger partial charge in [0, 0.05) is 6.08 Å². The van der Waals surface area contributed by atoms with E-state index in [1.807, 2.05) is 66.2 Å². The molecule has 4 nitrogen and oxygen atoms in total. The third-order valence-corrected chi connectivity index (χ3v) is 5.58. The summed E-state index contributed by atoms with van der Waals surface area (Å²) < 4.78 is 8.01. The lowest BCUT2D eigenvalue weighted by atomic mass is 9.95. The molecule has 1 N–H and O–H groups in total.